The molecule has 1 aromatic carbocycles. The highest BCUT2D eigenvalue weighted by molar-refractivity contribution is 7.91. The van der Waals surface area contributed by atoms with Crippen LogP contribution in [0.5, 0.6) is 11.6 Å². The molecule has 6 amide bonds. The van der Waals surface area contributed by atoms with Gasteiger partial charge in [-0.15, -0.1) is 6.58 Å². The van der Waals surface area contributed by atoms with E-state index in [2.05, 4.69) is 32.2 Å². The molecule has 0 radical (unpaired) electrons. The Labute approximate surface area is 315 Å². The first-order valence-electron chi connectivity index (χ1n) is 17.9. The average molecular weight is 770 g/mol. The third kappa shape index (κ3) is 8.55. The van der Waals surface area contributed by atoms with E-state index in [9.17, 15) is 32.4 Å². The monoisotopic (exact) mass is 769 g/mol. The van der Waals surface area contributed by atoms with Crippen LogP contribution in [0, 0.1) is 16.7 Å². The van der Waals surface area contributed by atoms with Crippen LogP contribution >= 0.6 is 0 Å². The van der Waals surface area contributed by atoms with Crippen LogP contribution in [-0.2, 0) is 29.2 Å². The molecule has 1 aliphatic heterocycles. The molecule has 0 unspecified atom stereocenters. The van der Waals surface area contributed by atoms with E-state index >= 15 is 0 Å². The largest absolute Gasteiger partial charge is 0.497 e. The Bertz CT molecular complexity index is 1950. The minimum Gasteiger partial charge on any atom is -0.497 e. The van der Waals surface area contributed by atoms with Gasteiger partial charge >= 0.3 is 6.03 Å². The maximum Gasteiger partial charge on any atom is 0.316 e. The maximum absolute atomic E-state index is 14.6. The molecule has 3 fully saturated rings. The third-order valence-electron chi connectivity index (χ3n) is 10.1. The number of nitrogens with zero attached hydrogens (tertiary/aromatic N) is 2. The van der Waals surface area contributed by atoms with Crippen LogP contribution in [0.1, 0.15) is 67.2 Å². The van der Waals surface area contributed by atoms with Crippen molar-refractivity contribution in [2.75, 3.05) is 13.7 Å². The van der Waals surface area contributed by atoms with Crippen LogP contribution in [0.15, 0.2) is 43.1 Å². The Balaban J connectivity index is 1.45. The molecule has 2 heterocycles. The smallest absolute Gasteiger partial charge is 0.316 e. The number of sulfonamides is 1. The topological polar surface area (TPSA) is 228 Å². The number of urea groups is 1. The van der Waals surface area contributed by atoms with Crippen LogP contribution in [0.25, 0.3) is 10.8 Å². The van der Waals surface area contributed by atoms with Gasteiger partial charge in [-0.25, -0.2) is 18.2 Å². The van der Waals surface area contributed by atoms with E-state index in [0.29, 0.717) is 24.0 Å². The van der Waals surface area contributed by atoms with Crippen LogP contribution in [-0.4, -0.2) is 96.6 Å². The molecule has 2 saturated carbocycles. The number of carbonyl (C=O) groups is 5. The molecule has 1 aromatic heterocycles. The lowest BCUT2D eigenvalue weighted by Crippen LogP contribution is -2.62. The summed E-state index contributed by atoms with van der Waals surface area (Å²) in [5, 5.41) is 8.82. The van der Waals surface area contributed by atoms with Crippen molar-refractivity contribution in [3.8, 4) is 11.6 Å². The van der Waals surface area contributed by atoms with E-state index in [1.807, 2.05) is 6.07 Å². The Hall–Kier alpha value is -4.93. The highest BCUT2D eigenvalue weighted by Crippen LogP contribution is 2.45. The molecule has 16 nitrogen and oxygen atoms in total. The summed E-state index contributed by atoms with van der Waals surface area (Å²) < 4.78 is 39.3. The summed E-state index contributed by atoms with van der Waals surface area (Å²) in [5.41, 5.74) is 2.34. The highest BCUT2D eigenvalue weighted by atomic mass is 32.2. The van der Waals surface area contributed by atoms with Crippen molar-refractivity contribution in [3.05, 3.63) is 43.1 Å². The van der Waals surface area contributed by atoms with Crippen LogP contribution in [0.2, 0.25) is 0 Å². The summed E-state index contributed by atoms with van der Waals surface area (Å²) in [6.07, 6.45) is 3.23. The predicted octanol–water partition coefficient (Wildman–Crippen LogP) is 1.87. The zero-order valence-electron chi connectivity index (χ0n) is 31.7. The summed E-state index contributed by atoms with van der Waals surface area (Å²) >= 11 is 0. The number of hydrogen-bond acceptors (Lipinski definition) is 10. The second-order valence-electron chi connectivity index (χ2n) is 16.5. The van der Waals surface area contributed by atoms with Crippen LogP contribution < -0.4 is 35.9 Å². The van der Waals surface area contributed by atoms with Crippen molar-refractivity contribution in [1.82, 2.24) is 30.6 Å². The molecule has 0 spiro atoms. The molecule has 6 atom stereocenters. The number of likely N-dealkylation sites (tertiary alicyclic amines) is 1. The number of aromatic nitrogens is 1. The molecular formula is C37H51N7O9S. The minimum atomic E-state index is -3.93. The van der Waals surface area contributed by atoms with Crippen molar-refractivity contribution in [3.63, 3.8) is 0 Å². The fraction of sp³-hybridized carbons (Fsp3) is 0.568. The predicted molar refractivity (Wildman–Crippen MR) is 199 cm³/mol. The maximum atomic E-state index is 14.6. The summed E-state index contributed by atoms with van der Waals surface area (Å²) in [5.74, 6) is -2.64. The van der Waals surface area contributed by atoms with Gasteiger partial charge in [-0.3, -0.25) is 23.9 Å². The number of primary amides is 1. The van der Waals surface area contributed by atoms with Gasteiger partial charge in [-0.1, -0.05) is 47.6 Å². The number of carbonyl (C=O) groups excluding carboxylic acids is 5. The number of pyridine rings is 1. The normalized spacial score (nSPS) is 23.8. The SMILES string of the molecule is C=C[C@@H]1C[C@]1(NC(=O)[C@@H]1C[C@@H](Oc2nccc3cc(OC)ccc23)CN1C(=O)[C@@H](NC(=O)N[C@H](C(N)=O)C(C)(C)C)C(C)(C)C)C(=O)NS(=O)(=O)C1CC1. The lowest BCUT2D eigenvalue weighted by atomic mass is 9.85. The molecule has 294 valence electrons. The number of ether oxygens (including phenoxy) is 2. The van der Waals surface area contributed by atoms with Gasteiger partial charge in [-0.2, -0.15) is 0 Å². The summed E-state index contributed by atoms with van der Waals surface area (Å²) in [4.78, 5) is 73.7. The molecule has 2 aromatic rings. The van der Waals surface area contributed by atoms with E-state index in [1.165, 1.54) is 11.0 Å². The number of hydrogen-bond donors (Lipinski definition) is 5. The number of rotatable bonds is 13. The Morgan fingerprint density at radius 1 is 1.04 bits per heavy atom. The van der Waals surface area contributed by atoms with Gasteiger partial charge in [0, 0.05) is 23.9 Å². The number of nitrogens with two attached hydrogens (primary N) is 1. The fourth-order valence-electron chi connectivity index (χ4n) is 6.73. The zero-order chi connectivity index (χ0) is 40.0. The molecule has 17 heteroatoms. The summed E-state index contributed by atoms with van der Waals surface area (Å²) in [6.45, 7) is 14.0. The van der Waals surface area contributed by atoms with E-state index in [0.717, 1.165) is 5.39 Å². The first-order valence-corrected chi connectivity index (χ1v) is 19.4. The second kappa shape index (κ2) is 14.7. The van der Waals surface area contributed by atoms with Crippen molar-refractivity contribution in [1.29, 1.82) is 0 Å². The lowest BCUT2D eigenvalue weighted by molar-refractivity contribution is -0.142. The van der Waals surface area contributed by atoms with Gasteiger partial charge in [-0.05, 0) is 59.7 Å². The number of fused-ring (bicyclic) bond motifs is 1. The van der Waals surface area contributed by atoms with Crippen molar-refractivity contribution < 1.29 is 41.9 Å². The first-order chi connectivity index (χ1) is 25.1. The number of benzene rings is 1. The summed E-state index contributed by atoms with van der Waals surface area (Å²) in [7, 11) is -2.37. The molecule has 5 rings (SSSR count). The molecular weight excluding hydrogens is 719 g/mol. The Kier molecular flexibility index (Phi) is 11.0. The fourth-order valence-corrected chi connectivity index (χ4v) is 8.10. The van der Waals surface area contributed by atoms with Gasteiger partial charge in [0.25, 0.3) is 5.91 Å². The Morgan fingerprint density at radius 3 is 2.24 bits per heavy atom. The van der Waals surface area contributed by atoms with Gasteiger partial charge in [0.1, 0.15) is 35.5 Å². The standard InChI is InChI=1S/C37H51N7O9S/c1-9-21-18-37(21,33(48)43-54(50,51)24-11-12-24)42-30(46)26-17-23(53-31-25-13-10-22(52-8)16-20(25)14-15-39-31)19-44(26)32(47)28(36(5,6)7)41-34(49)40-27(29(38)45)35(2,3)4/h9-10,13-16,21,23-24,26-28H,1,11-12,17-19H2,2-8H3,(H2,38,45)(H,42,46)(H,43,48)(H2,40,41,49)/t21-,23-,26+,27-,28-,37-/m1/s1. The van der Waals surface area contributed by atoms with Crippen molar-refractivity contribution in [2.24, 2.45) is 22.5 Å². The molecule has 2 aliphatic carbocycles. The van der Waals surface area contributed by atoms with Crippen molar-refractivity contribution >= 4 is 50.5 Å². The second-order valence-corrected chi connectivity index (χ2v) is 18.4. The molecule has 6 N–H and O–H groups in total. The van der Waals surface area contributed by atoms with Crippen molar-refractivity contribution in [2.45, 2.75) is 102 Å². The molecule has 0 bridgehead atoms. The minimum absolute atomic E-state index is 0.0283. The Morgan fingerprint density at radius 2 is 1.69 bits per heavy atom. The summed E-state index contributed by atoms with van der Waals surface area (Å²) in [6, 6.07) is 2.84. The quantitative estimate of drug-likeness (QED) is 0.186. The first kappa shape index (κ1) is 40.3. The molecule has 54 heavy (non-hydrogen) atoms. The van der Waals surface area contributed by atoms with Crippen LogP contribution in [0.4, 0.5) is 4.79 Å². The number of amides is 6. The van der Waals surface area contributed by atoms with Gasteiger partial charge in [0.15, 0.2) is 0 Å². The lowest BCUT2D eigenvalue weighted by Gasteiger charge is -2.36. The molecule has 1 saturated heterocycles. The highest BCUT2D eigenvalue weighted by Gasteiger charge is 2.62. The van der Waals surface area contributed by atoms with E-state index in [4.69, 9.17) is 15.2 Å². The van der Waals surface area contributed by atoms with E-state index < -0.39 is 91.4 Å². The van der Waals surface area contributed by atoms with Gasteiger partial charge in [0.2, 0.25) is 33.6 Å². The van der Waals surface area contributed by atoms with Crippen LogP contribution in [0.3, 0.4) is 0 Å². The molecule has 3 aliphatic rings. The van der Waals surface area contributed by atoms with Gasteiger partial charge < -0.3 is 36.1 Å². The van der Waals surface area contributed by atoms with Gasteiger partial charge in [0.05, 0.1) is 18.9 Å². The number of nitrogens with one attached hydrogen (secondary N) is 4. The average Bonchev–Trinajstić information content (AvgIpc) is 4.01. The van der Waals surface area contributed by atoms with E-state index in [-0.39, 0.29) is 25.3 Å². The number of methoxy groups -OCH3 is 1. The third-order valence-corrected chi connectivity index (χ3v) is 11.9. The van der Waals surface area contributed by atoms with E-state index in [1.54, 1.807) is 73.0 Å². The zero-order valence-corrected chi connectivity index (χ0v) is 32.5.